The van der Waals surface area contributed by atoms with E-state index in [9.17, 15) is 9.59 Å². The highest BCUT2D eigenvalue weighted by Gasteiger charge is 2.27. The standard InChI is InChI=1S/C10H12O4/c1-3-4-9(11)13-6-8-5-7(2)10(12)14-8/h3-4,8H,2,5-6H2,1H3/b4-3+. The van der Waals surface area contributed by atoms with Gasteiger partial charge in [0.2, 0.25) is 0 Å². The van der Waals surface area contributed by atoms with E-state index in [0.717, 1.165) is 0 Å². The van der Waals surface area contributed by atoms with Crippen molar-refractivity contribution in [2.75, 3.05) is 6.61 Å². The lowest BCUT2D eigenvalue weighted by atomic mass is 10.2. The average Bonchev–Trinajstić information content (AvgIpc) is 2.44. The highest BCUT2D eigenvalue weighted by molar-refractivity contribution is 5.90. The van der Waals surface area contributed by atoms with E-state index in [4.69, 9.17) is 9.47 Å². The number of allylic oxidation sites excluding steroid dienone is 1. The van der Waals surface area contributed by atoms with Crippen molar-refractivity contribution in [1.29, 1.82) is 0 Å². The molecule has 14 heavy (non-hydrogen) atoms. The van der Waals surface area contributed by atoms with Crippen molar-refractivity contribution in [3.05, 3.63) is 24.3 Å². The summed E-state index contributed by atoms with van der Waals surface area (Å²) in [5, 5.41) is 0. The Kier molecular flexibility index (Phi) is 3.45. The maximum atomic E-state index is 10.9. The first-order chi connectivity index (χ1) is 6.63. The van der Waals surface area contributed by atoms with Gasteiger partial charge in [-0.15, -0.1) is 0 Å². The number of carbonyl (C=O) groups excluding carboxylic acids is 2. The number of ether oxygens (including phenoxy) is 2. The molecule has 1 aliphatic heterocycles. The lowest BCUT2D eigenvalue weighted by Crippen LogP contribution is -2.17. The van der Waals surface area contributed by atoms with Gasteiger partial charge in [-0.05, 0) is 6.92 Å². The van der Waals surface area contributed by atoms with Crippen LogP contribution in [-0.4, -0.2) is 24.6 Å². The molecule has 0 N–H and O–H groups in total. The third-order valence-electron chi connectivity index (χ3n) is 1.75. The zero-order valence-corrected chi connectivity index (χ0v) is 7.99. The molecule has 1 aliphatic rings. The van der Waals surface area contributed by atoms with Crippen LogP contribution in [0.15, 0.2) is 24.3 Å². The van der Waals surface area contributed by atoms with E-state index in [1.54, 1.807) is 13.0 Å². The smallest absolute Gasteiger partial charge is 0.333 e. The summed E-state index contributed by atoms with van der Waals surface area (Å²) in [5.41, 5.74) is 0.428. The third-order valence-corrected chi connectivity index (χ3v) is 1.75. The van der Waals surface area contributed by atoms with Gasteiger partial charge >= 0.3 is 11.9 Å². The van der Waals surface area contributed by atoms with Crippen molar-refractivity contribution in [3.8, 4) is 0 Å². The molecule has 0 bridgehead atoms. The minimum absolute atomic E-state index is 0.0912. The second-order valence-corrected chi connectivity index (χ2v) is 2.97. The molecule has 1 saturated heterocycles. The maximum absolute atomic E-state index is 10.9. The van der Waals surface area contributed by atoms with E-state index in [1.807, 2.05) is 0 Å². The van der Waals surface area contributed by atoms with Gasteiger partial charge in [-0.25, -0.2) is 9.59 Å². The van der Waals surface area contributed by atoms with Crippen molar-refractivity contribution < 1.29 is 19.1 Å². The van der Waals surface area contributed by atoms with Gasteiger partial charge in [0, 0.05) is 18.1 Å². The summed E-state index contributed by atoms with van der Waals surface area (Å²) in [5.74, 6) is -0.835. The Morgan fingerprint density at radius 1 is 1.79 bits per heavy atom. The monoisotopic (exact) mass is 196 g/mol. The van der Waals surface area contributed by atoms with Crippen molar-refractivity contribution in [1.82, 2.24) is 0 Å². The first-order valence-electron chi connectivity index (χ1n) is 4.31. The summed E-state index contributed by atoms with van der Waals surface area (Å²) in [6.45, 7) is 5.33. The Morgan fingerprint density at radius 3 is 3.00 bits per heavy atom. The van der Waals surface area contributed by atoms with Crippen molar-refractivity contribution in [2.45, 2.75) is 19.4 Å². The summed E-state index contributed by atoms with van der Waals surface area (Å²) >= 11 is 0. The van der Waals surface area contributed by atoms with Gasteiger partial charge in [-0.2, -0.15) is 0 Å². The molecule has 0 radical (unpaired) electrons. The maximum Gasteiger partial charge on any atom is 0.333 e. The SMILES string of the molecule is C=C1CC(COC(=O)/C=C/C)OC1=O. The van der Waals surface area contributed by atoms with Gasteiger partial charge in [0.15, 0.2) is 0 Å². The molecule has 1 atom stereocenters. The van der Waals surface area contributed by atoms with Crippen LogP contribution in [0.1, 0.15) is 13.3 Å². The van der Waals surface area contributed by atoms with Crippen LogP contribution >= 0.6 is 0 Å². The average molecular weight is 196 g/mol. The van der Waals surface area contributed by atoms with Crippen molar-refractivity contribution in [3.63, 3.8) is 0 Å². The lowest BCUT2D eigenvalue weighted by molar-refractivity contribution is -0.148. The zero-order valence-electron chi connectivity index (χ0n) is 7.99. The van der Waals surface area contributed by atoms with Crippen LogP contribution in [0.25, 0.3) is 0 Å². The Hall–Kier alpha value is -1.58. The Labute approximate surface area is 82.2 Å². The second kappa shape index (κ2) is 4.60. The quantitative estimate of drug-likeness (QED) is 0.498. The number of esters is 2. The minimum atomic E-state index is -0.430. The van der Waals surface area contributed by atoms with E-state index < -0.39 is 11.9 Å². The third kappa shape index (κ3) is 2.73. The molecule has 0 aliphatic carbocycles. The van der Waals surface area contributed by atoms with Crippen LogP contribution in [-0.2, 0) is 19.1 Å². The van der Waals surface area contributed by atoms with Gasteiger partial charge < -0.3 is 9.47 Å². The molecule has 1 unspecified atom stereocenters. The summed E-state index contributed by atoms with van der Waals surface area (Å²) in [7, 11) is 0. The highest BCUT2D eigenvalue weighted by Crippen LogP contribution is 2.18. The number of hydrogen-bond acceptors (Lipinski definition) is 4. The minimum Gasteiger partial charge on any atom is -0.459 e. The number of cyclic esters (lactones) is 1. The first-order valence-corrected chi connectivity index (χ1v) is 4.31. The van der Waals surface area contributed by atoms with Gasteiger partial charge in [0.1, 0.15) is 12.7 Å². The van der Waals surface area contributed by atoms with Gasteiger partial charge in [0.05, 0.1) is 0 Å². The molecule has 0 aromatic heterocycles. The first kappa shape index (κ1) is 10.5. The fourth-order valence-electron chi connectivity index (χ4n) is 1.09. The molecule has 0 saturated carbocycles. The van der Waals surface area contributed by atoms with E-state index in [2.05, 4.69) is 6.58 Å². The van der Waals surface area contributed by atoms with E-state index in [0.29, 0.717) is 12.0 Å². The molecule has 76 valence electrons. The molecule has 1 fully saturated rings. The van der Waals surface area contributed by atoms with E-state index in [1.165, 1.54) is 6.08 Å². The fraction of sp³-hybridized carbons (Fsp3) is 0.400. The molecule has 4 heteroatoms. The predicted octanol–water partition coefficient (Wildman–Crippen LogP) is 0.977. The lowest BCUT2D eigenvalue weighted by Gasteiger charge is -2.07. The molecule has 1 heterocycles. The van der Waals surface area contributed by atoms with Crippen LogP contribution in [0.2, 0.25) is 0 Å². The summed E-state index contributed by atoms with van der Waals surface area (Å²) in [4.78, 5) is 21.8. The van der Waals surface area contributed by atoms with Gasteiger partial charge in [-0.1, -0.05) is 12.7 Å². The van der Waals surface area contributed by atoms with E-state index in [-0.39, 0.29) is 12.7 Å². The number of rotatable bonds is 3. The molecule has 0 aromatic carbocycles. The summed E-state index contributed by atoms with van der Waals surface area (Å²) in [6.07, 6.45) is 2.96. The van der Waals surface area contributed by atoms with Crippen LogP contribution in [0.3, 0.4) is 0 Å². The fourth-order valence-corrected chi connectivity index (χ4v) is 1.09. The largest absolute Gasteiger partial charge is 0.459 e. The van der Waals surface area contributed by atoms with Crippen LogP contribution in [0.4, 0.5) is 0 Å². The summed E-state index contributed by atoms with van der Waals surface area (Å²) < 4.78 is 9.68. The Balaban J connectivity index is 2.30. The highest BCUT2D eigenvalue weighted by atomic mass is 16.6. The number of hydrogen-bond donors (Lipinski definition) is 0. The van der Waals surface area contributed by atoms with Gasteiger partial charge in [0.25, 0.3) is 0 Å². The zero-order chi connectivity index (χ0) is 10.6. The Morgan fingerprint density at radius 2 is 2.50 bits per heavy atom. The van der Waals surface area contributed by atoms with Gasteiger partial charge in [-0.3, -0.25) is 0 Å². The molecular formula is C10H12O4. The summed E-state index contributed by atoms with van der Waals surface area (Å²) in [6, 6.07) is 0. The van der Waals surface area contributed by atoms with Crippen LogP contribution in [0, 0.1) is 0 Å². The molecular weight excluding hydrogens is 184 g/mol. The number of carbonyl (C=O) groups is 2. The Bertz CT molecular complexity index is 274. The molecule has 0 aromatic rings. The van der Waals surface area contributed by atoms with Crippen molar-refractivity contribution >= 4 is 11.9 Å². The molecule has 1 rings (SSSR count). The molecule has 4 nitrogen and oxygen atoms in total. The predicted molar refractivity (Wildman–Crippen MR) is 49.4 cm³/mol. The van der Waals surface area contributed by atoms with Crippen molar-refractivity contribution in [2.24, 2.45) is 0 Å². The molecule has 0 amide bonds. The normalized spacial score (nSPS) is 21.4. The van der Waals surface area contributed by atoms with Crippen LogP contribution in [0.5, 0.6) is 0 Å². The molecule has 0 spiro atoms. The van der Waals surface area contributed by atoms with E-state index >= 15 is 0 Å². The second-order valence-electron chi connectivity index (χ2n) is 2.97. The van der Waals surface area contributed by atoms with Crippen LogP contribution < -0.4 is 0 Å². The topological polar surface area (TPSA) is 52.6 Å².